The van der Waals surface area contributed by atoms with Gasteiger partial charge in [0.15, 0.2) is 0 Å². The Kier molecular flexibility index (Phi) is 3.84. The number of aromatic nitrogens is 1. The van der Waals surface area contributed by atoms with E-state index < -0.39 is 0 Å². The predicted octanol–water partition coefficient (Wildman–Crippen LogP) is 2.38. The van der Waals surface area contributed by atoms with Crippen LogP contribution in [0.3, 0.4) is 0 Å². The molecule has 1 aromatic heterocycles. The summed E-state index contributed by atoms with van der Waals surface area (Å²) in [5.74, 6) is 0.760. The van der Waals surface area contributed by atoms with Gasteiger partial charge in [-0.05, 0) is 38.7 Å². The van der Waals surface area contributed by atoms with Crippen LogP contribution in [-0.4, -0.2) is 35.4 Å². The van der Waals surface area contributed by atoms with Crippen molar-refractivity contribution in [2.75, 3.05) is 18.9 Å². The van der Waals surface area contributed by atoms with Gasteiger partial charge in [-0.1, -0.05) is 0 Å². The number of pyridine rings is 1. The van der Waals surface area contributed by atoms with E-state index in [1.807, 2.05) is 18.9 Å². The summed E-state index contributed by atoms with van der Waals surface area (Å²) >= 11 is 0. The van der Waals surface area contributed by atoms with E-state index in [-0.39, 0.29) is 5.91 Å². The standard InChI is InChI=1S/C14H21N3O/c1-4-16-13-9-15-8-7-12(13)14(18)17(3)10(2)11-5-6-11/h7-11,16H,4-6H2,1-3H3. The summed E-state index contributed by atoms with van der Waals surface area (Å²) in [6, 6.07) is 2.11. The van der Waals surface area contributed by atoms with E-state index in [0.717, 1.165) is 12.2 Å². The van der Waals surface area contributed by atoms with Crippen LogP contribution >= 0.6 is 0 Å². The largest absolute Gasteiger partial charge is 0.383 e. The lowest BCUT2D eigenvalue weighted by atomic mass is 10.1. The highest BCUT2D eigenvalue weighted by atomic mass is 16.2. The smallest absolute Gasteiger partial charge is 0.256 e. The minimum atomic E-state index is 0.0766. The van der Waals surface area contributed by atoms with Crippen LogP contribution in [0.15, 0.2) is 18.5 Å². The van der Waals surface area contributed by atoms with Crippen LogP contribution in [0.4, 0.5) is 5.69 Å². The molecule has 1 heterocycles. The second kappa shape index (κ2) is 5.38. The lowest BCUT2D eigenvalue weighted by Crippen LogP contribution is -2.36. The molecule has 1 N–H and O–H groups in total. The van der Waals surface area contributed by atoms with Crippen molar-refractivity contribution in [3.8, 4) is 0 Å². The first kappa shape index (κ1) is 12.9. The summed E-state index contributed by atoms with van der Waals surface area (Å²) in [6.45, 7) is 4.93. The molecule has 4 nitrogen and oxygen atoms in total. The number of rotatable bonds is 5. The Hall–Kier alpha value is -1.58. The topological polar surface area (TPSA) is 45.2 Å². The zero-order chi connectivity index (χ0) is 13.1. The molecule has 0 aliphatic heterocycles. The molecule has 0 spiro atoms. The normalized spacial score (nSPS) is 16.2. The number of carbonyl (C=O) groups is 1. The molecule has 18 heavy (non-hydrogen) atoms. The van der Waals surface area contributed by atoms with Gasteiger partial charge in [-0.25, -0.2) is 0 Å². The van der Waals surface area contributed by atoms with Gasteiger partial charge in [0.1, 0.15) is 0 Å². The third-order valence-electron chi connectivity index (χ3n) is 3.65. The number of nitrogens with one attached hydrogen (secondary N) is 1. The maximum absolute atomic E-state index is 12.5. The van der Waals surface area contributed by atoms with Gasteiger partial charge in [-0.15, -0.1) is 0 Å². The van der Waals surface area contributed by atoms with Gasteiger partial charge in [-0.3, -0.25) is 9.78 Å². The molecular weight excluding hydrogens is 226 g/mol. The lowest BCUT2D eigenvalue weighted by molar-refractivity contribution is 0.0728. The van der Waals surface area contributed by atoms with E-state index in [9.17, 15) is 4.79 Å². The number of nitrogens with zero attached hydrogens (tertiary/aromatic N) is 2. The minimum Gasteiger partial charge on any atom is -0.383 e. The number of hydrogen-bond donors (Lipinski definition) is 1. The Morgan fingerprint density at radius 3 is 2.94 bits per heavy atom. The summed E-state index contributed by atoms with van der Waals surface area (Å²) in [4.78, 5) is 18.4. The van der Waals surface area contributed by atoms with Gasteiger partial charge in [0.25, 0.3) is 5.91 Å². The molecule has 4 heteroatoms. The second-order valence-electron chi connectivity index (χ2n) is 4.95. The first-order chi connectivity index (χ1) is 8.65. The van der Waals surface area contributed by atoms with Gasteiger partial charge < -0.3 is 10.2 Å². The highest BCUT2D eigenvalue weighted by Gasteiger charge is 2.33. The van der Waals surface area contributed by atoms with Gasteiger partial charge in [0, 0.05) is 25.8 Å². The Labute approximate surface area is 108 Å². The SMILES string of the molecule is CCNc1cnccc1C(=O)N(C)C(C)C1CC1. The van der Waals surface area contributed by atoms with Crippen LogP contribution in [0.1, 0.15) is 37.0 Å². The average molecular weight is 247 g/mol. The van der Waals surface area contributed by atoms with E-state index >= 15 is 0 Å². The van der Waals surface area contributed by atoms with Crippen LogP contribution in [0.2, 0.25) is 0 Å². The van der Waals surface area contributed by atoms with E-state index in [1.54, 1.807) is 18.5 Å². The number of anilines is 1. The number of hydrogen-bond acceptors (Lipinski definition) is 3. The van der Waals surface area contributed by atoms with Gasteiger partial charge >= 0.3 is 0 Å². The molecule has 1 unspecified atom stereocenters. The van der Waals surface area contributed by atoms with Crippen molar-refractivity contribution >= 4 is 11.6 Å². The second-order valence-corrected chi connectivity index (χ2v) is 4.95. The Morgan fingerprint density at radius 2 is 2.33 bits per heavy atom. The summed E-state index contributed by atoms with van der Waals surface area (Å²) in [5.41, 5.74) is 1.53. The predicted molar refractivity (Wildman–Crippen MR) is 72.7 cm³/mol. The molecule has 1 fully saturated rings. The number of carbonyl (C=O) groups excluding carboxylic acids is 1. The van der Waals surface area contributed by atoms with Gasteiger partial charge in [-0.2, -0.15) is 0 Å². The van der Waals surface area contributed by atoms with Crippen molar-refractivity contribution in [1.29, 1.82) is 0 Å². The maximum Gasteiger partial charge on any atom is 0.256 e. The molecule has 1 saturated carbocycles. The monoisotopic (exact) mass is 247 g/mol. The molecule has 1 amide bonds. The highest BCUT2D eigenvalue weighted by molar-refractivity contribution is 5.99. The lowest BCUT2D eigenvalue weighted by Gasteiger charge is -2.25. The van der Waals surface area contributed by atoms with E-state index in [1.165, 1.54) is 12.8 Å². The first-order valence-corrected chi connectivity index (χ1v) is 6.60. The van der Waals surface area contributed by atoms with Crippen LogP contribution < -0.4 is 5.32 Å². The molecular formula is C14H21N3O. The molecule has 98 valence electrons. The summed E-state index contributed by atoms with van der Waals surface area (Å²) in [6.07, 6.45) is 5.88. The minimum absolute atomic E-state index is 0.0766. The Balaban J connectivity index is 2.16. The van der Waals surface area contributed by atoms with Crippen molar-refractivity contribution in [2.45, 2.75) is 32.7 Å². The Bertz CT molecular complexity index is 429. The molecule has 1 aromatic rings. The highest BCUT2D eigenvalue weighted by Crippen LogP contribution is 2.35. The fourth-order valence-electron chi connectivity index (χ4n) is 2.18. The quantitative estimate of drug-likeness (QED) is 0.869. The molecule has 1 atom stereocenters. The molecule has 2 rings (SSSR count). The van der Waals surface area contributed by atoms with Crippen LogP contribution in [0.25, 0.3) is 0 Å². The van der Waals surface area contributed by atoms with E-state index in [0.29, 0.717) is 17.5 Å². The van der Waals surface area contributed by atoms with Gasteiger partial charge in [0.2, 0.25) is 0 Å². The zero-order valence-electron chi connectivity index (χ0n) is 11.3. The third-order valence-corrected chi connectivity index (χ3v) is 3.65. The number of amides is 1. The molecule has 0 radical (unpaired) electrons. The summed E-state index contributed by atoms with van der Waals surface area (Å²) in [7, 11) is 1.89. The van der Waals surface area contributed by atoms with Crippen molar-refractivity contribution in [3.05, 3.63) is 24.0 Å². The molecule has 0 saturated heterocycles. The Morgan fingerprint density at radius 1 is 1.61 bits per heavy atom. The fraction of sp³-hybridized carbons (Fsp3) is 0.571. The van der Waals surface area contributed by atoms with Crippen molar-refractivity contribution in [2.24, 2.45) is 5.92 Å². The molecule has 1 aliphatic rings. The molecule has 1 aliphatic carbocycles. The van der Waals surface area contributed by atoms with Gasteiger partial charge in [0.05, 0.1) is 17.4 Å². The van der Waals surface area contributed by atoms with Crippen LogP contribution in [-0.2, 0) is 0 Å². The van der Waals surface area contributed by atoms with Crippen LogP contribution in [0, 0.1) is 5.92 Å². The zero-order valence-corrected chi connectivity index (χ0v) is 11.3. The van der Waals surface area contributed by atoms with E-state index in [4.69, 9.17) is 0 Å². The fourth-order valence-corrected chi connectivity index (χ4v) is 2.18. The summed E-state index contributed by atoms with van der Waals surface area (Å²) in [5, 5.41) is 3.19. The van der Waals surface area contributed by atoms with Crippen molar-refractivity contribution in [3.63, 3.8) is 0 Å². The van der Waals surface area contributed by atoms with Crippen molar-refractivity contribution in [1.82, 2.24) is 9.88 Å². The first-order valence-electron chi connectivity index (χ1n) is 6.60. The molecule has 0 bridgehead atoms. The van der Waals surface area contributed by atoms with Crippen LogP contribution in [0.5, 0.6) is 0 Å². The van der Waals surface area contributed by atoms with Crippen molar-refractivity contribution < 1.29 is 4.79 Å². The molecule has 0 aromatic carbocycles. The third kappa shape index (κ3) is 2.63. The van der Waals surface area contributed by atoms with E-state index in [2.05, 4.69) is 17.2 Å². The summed E-state index contributed by atoms with van der Waals surface area (Å²) < 4.78 is 0. The average Bonchev–Trinajstić information content (AvgIpc) is 3.21. The maximum atomic E-state index is 12.5.